The van der Waals surface area contributed by atoms with Crippen molar-refractivity contribution in [3.63, 3.8) is 0 Å². The van der Waals surface area contributed by atoms with Crippen LogP contribution in [-0.2, 0) is 6.61 Å². The van der Waals surface area contributed by atoms with Crippen molar-refractivity contribution < 1.29 is 9.13 Å². The lowest BCUT2D eigenvalue weighted by Crippen LogP contribution is -2.14. The van der Waals surface area contributed by atoms with Gasteiger partial charge in [-0.3, -0.25) is 4.98 Å². The van der Waals surface area contributed by atoms with E-state index in [4.69, 9.17) is 4.74 Å². The summed E-state index contributed by atoms with van der Waals surface area (Å²) in [6.45, 7) is 4.39. The lowest BCUT2D eigenvalue weighted by molar-refractivity contribution is 0.299. The van der Waals surface area contributed by atoms with Crippen LogP contribution in [0.15, 0.2) is 36.7 Å². The Balaban J connectivity index is 2.18. The van der Waals surface area contributed by atoms with E-state index in [2.05, 4.69) is 29.4 Å². The molecule has 1 unspecified atom stereocenters. The first kappa shape index (κ1) is 14.5. The second-order valence-electron chi connectivity index (χ2n) is 4.85. The first-order chi connectivity index (χ1) is 9.60. The van der Waals surface area contributed by atoms with Crippen LogP contribution in [0.5, 0.6) is 5.75 Å². The topological polar surface area (TPSA) is 34.1 Å². The van der Waals surface area contributed by atoms with Gasteiger partial charge >= 0.3 is 0 Å². The maximum absolute atomic E-state index is 13.1. The molecule has 0 spiro atoms. The molecule has 0 saturated carbocycles. The van der Waals surface area contributed by atoms with Crippen LogP contribution >= 0.6 is 0 Å². The van der Waals surface area contributed by atoms with Gasteiger partial charge in [0.25, 0.3) is 0 Å². The number of hydrogen-bond acceptors (Lipinski definition) is 3. The van der Waals surface area contributed by atoms with Crippen molar-refractivity contribution in [3.05, 3.63) is 59.2 Å². The van der Waals surface area contributed by atoms with Gasteiger partial charge in [-0.1, -0.05) is 12.1 Å². The summed E-state index contributed by atoms with van der Waals surface area (Å²) in [5.74, 6) is 0.468. The van der Waals surface area contributed by atoms with Crippen molar-refractivity contribution in [3.8, 4) is 5.75 Å². The molecule has 2 rings (SSSR count). The molecule has 106 valence electrons. The molecule has 0 aliphatic carbocycles. The summed E-state index contributed by atoms with van der Waals surface area (Å²) < 4.78 is 18.9. The van der Waals surface area contributed by atoms with Crippen LogP contribution in [0.4, 0.5) is 4.39 Å². The number of ether oxygens (including phenoxy) is 1. The number of nitrogens with zero attached hydrogens (tertiary/aromatic N) is 1. The van der Waals surface area contributed by atoms with E-state index in [0.717, 1.165) is 22.4 Å². The zero-order chi connectivity index (χ0) is 14.5. The minimum Gasteiger partial charge on any atom is -0.488 e. The van der Waals surface area contributed by atoms with E-state index >= 15 is 0 Å². The highest BCUT2D eigenvalue weighted by atomic mass is 19.1. The third-order valence-electron chi connectivity index (χ3n) is 3.22. The highest BCUT2D eigenvalue weighted by Crippen LogP contribution is 2.27. The van der Waals surface area contributed by atoms with Gasteiger partial charge in [0.2, 0.25) is 0 Å². The molecular weight excluding hydrogens is 255 g/mol. The van der Waals surface area contributed by atoms with E-state index < -0.39 is 0 Å². The van der Waals surface area contributed by atoms with Gasteiger partial charge in [-0.2, -0.15) is 0 Å². The molecule has 0 fully saturated rings. The second kappa shape index (κ2) is 6.48. The molecule has 0 aliphatic heterocycles. The lowest BCUT2D eigenvalue weighted by Gasteiger charge is -2.17. The number of halogens is 1. The standard InChI is InChI=1S/C16H19FN2O/c1-11-4-5-15(12(2)18-3)16(6-11)20-10-13-7-14(17)9-19-8-13/h4-9,12,18H,10H2,1-3H3. The maximum Gasteiger partial charge on any atom is 0.141 e. The average Bonchev–Trinajstić information content (AvgIpc) is 2.44. The average molecular weight is 274 g/mol. The zero-order valence-electron chi connectivity index (χ0n) is 12.0. The maximum atomic E-state index is 13.1. The smallest absolute Gasteiger partial charge is 0.141 e. The molecule has 1 N–H and O–H groups in total. The van der Waals surface area contributed by atoms with E-state index in [1.165, 1.54) is 12.3 Å². The molecule has 20 heavy (non-hydrogen) atoms. The number of benzene rings is 1. The van der Waals surface area contributed by atoms with Crippen LogP contribution < -0.4 is 10.1 Å². The van der Waals surface area contributed by atoms with Gasteiger partial charge in [-0.05, 0) is 38.6 Å². The zero-order valence-corrected chi connectivity index (χ0v) is 12.0. The Bertz CT molecular complexity index is 586. The first-order valence-corrected chi connectivity index (χ1v) is 6.60. The Labute approximate surface area is 118 Å². The molecule has 0 amide bonds. The molecule has 0 aliphatic rings. The van der Waals surface area contributed by atoms with Gasteiger partial charge in [-0.25, -0.2) is 4.39 Å². The van der Waals surface area contributed by atoms with Crippen LogP contribution in [0.2, 0.25) is 0 Å². The van der Waals surface area contributed by atoms with Gasteiger partial charge in [0, 0.05) is 23.4 Å². The van der Waals surface area contributed by atoms with Crippen molar-refractivity contribution in [1.29, 1.82) is 0 Å². The molecule has 4 heteroatoms. The van der Waals surface area contributed by atoms with Crippen molar-refractivity contribution >= 4 is 0 Å². The molecule has 2 aromatic rings. The number of nitrogens with one attached hydrogen (secondary N) is 1. The summed E-state index contributed by atoms with van der Waals surface area (Å²) >= 11 is 0. The van der Waals surface area contributed by atoms with Gasteiger partial charge in [0.05, 0.1) is 6.20 Å². The van der Waals surface area contributed by atoms with Gasteiger partial charge < -0.3 is 10.1 Å². The van der Waals surface area contributed by atoms with E-state index in [9.17, 15) is 4.39 Å². The van der Waals surface area contributed by atoms with E-state index in [-0.39, 0.29) is 11.9 Å². The third kappa shape index (κ3) is 3.54. The molecule has 3 nitrogen and oxygen atoms in total. The summed E-state index contributed by atoms with van der Waals surface area (Å²) in [5.41, 5.74) is 2.93. The Morgan fingerprint density at radius 2 is 2.10 bits per heavy atom. The summed E-state index contributed by atoms with van der Waals surface area (Å²) in [5, 5.41) is 3.20. The fourth-order valence-electron chi connectivity index (χ4n) is 1.98. The van der Waals surface area contributed by atoms with Crippen LogP contribution in [0.25, 0.3) is 0 Å². The van der Waals surface area contributed by atoms with Gasteiger partial charge in [-0.15, -0.1) is 0 Å². The summed E-state index contributed by atoms with van der Waals surface area (Å²) in [6, 6.07) is 7.73. The summed E-state index contributed by atoms with van der Waals surface area (Å²) in [6.07, 6.45) is 2.80. The van der Waals surface area contributed by atoms with Crippen molar-refractivity contribution in [2.24, 2.45) is 0 Å². The SMILES string of the molecule is CNC(C)c1ccc(C)cc1OCc1cncc(F)c1. The minimum atomic E-state index is -0.348. The summed E-state index contributed by atoms with van der Waals surface area (Å²) in [7, 11) is 1.91. The van der Waals surface area contributed by atoms with Crippen LogP contribution in [-0.4, -0.2) is 12.0 Å². The quantitative estimate of drug-likeness (QED) is 0.907. The van der Waals surface area contributed by atoms with Crippen molar-refractivity contribution in [2.45, 2.75) is 26.5 Å². The summed E-state index contributed by atoms with van der Waals surface area (Å²) in [4.78, 5) is 3.82. The number of rotatable bonds is 5. The Morgan fingerprint density at radius 3 is 2.80 bits per heavy atom. The molecular formula is C16H19FN2O. The predicted molar refractivity (Wildman–Crippen MR) is 77.2 cm³/mol. The van der Waals surface area contributed by atoms with E-state index in [0.29, 0.717) is 6.61 Å². The molecule has 0 saturated heterocycles. The van der Waals surface area contributed by atoms with Crippen LogP contribution in [0, 0.1) is 12.7 Å². The fourth-order valence-corrected chi connectivity index (χ4v) is 1.98. The lowest BCUT2D eigenvalue weighted by atomic mass is 10.1. The minimum absolute atomic E-state index is 0.191. The largest absolute Gasteiger partial charge is 0.488 e. The third-order valence-corrected chi connectivity index (χ3v) is 3.22. The van der Waals surface area contributed by atoms with Gasteiger partial charge in [0.15, 0.2) is 0 Å². The van der Waals surface area contributed by atoms with Crippen molar-refractivity contribution in [1.82, 2.24) is 10.3 Å². The highest BCUT2D eigenvalue weighted by Gasteiger charge is 2.10. The van der Waals surface area contributed by atoms with Crippen LogP contribution in [0.3, 0.4) is 0 Å². The van der Waals surface area contributed by atoms with Crippen LogP contribution in [0.1, 0.15) is 29.7 Å². The molecule has 1 heterocycles. The number of pyridine rings is 1. The monoisotopic (exact) mass is 274 g/mol. The number of aromatic nitrogens is 1. The normalized spacial score (nSPS) is 12.2. The molecule has 1 atom stereocenters. The highest BCUT2D eigenvalue weighted by molar-refractivity contribution is 5.39. The molecule has 1 aromatic carbocycles. The number of aryl methyl sites for hydroxylation is 1. The van der Waals surface area contributed by atoms with Crippen molar-refractivity contribution in [2.75, 3.05) is 7.05 Å². The van der Waals surface area contributed by atoms with Gasteiger partial charge in [0.1, 0.15) is 18.2 Å². The second-order valence-corrected chi connectivity index (χ2v) is 4.85. The Kier molecular flexibility index (Phi) is 4.69. The molecule has 0 bridgehead atoms. The fraction of sp³-hybridized carbons (Fsp3) is 0.312. The number of hydrogen-bond donors (Lipinski definition) is 1. The first-order valence-electron chi connectivity index (χ1n) is 6.60. The Hall–Kier alpha value is -1.94. The molecule has 0 radical (unpaired) electrons. The predicted octanol–water partition coefficient (Wildman–Crippen LogP) is 3.39. The Morgan fingerprint density at radius 1 is 1.30 bits per heavy atom. The van der Waals surface area contributed by atoms with E-state index in [1.807, 2.05) is 20.0 Å². The van der Waals surface area contributed by atoms with E-state index in [1.54, 1.807) is 6.20 Å². The molecule has 1 aromatic heterocycles.